The Morgan fingerprint density at radius 1 is 0.579 bits per heavy atom. The first-order chi connectivity index (χ1) is 8.24. The summed E-state index contributed by atoms with van der Waals surface area (Å²) < 4.78 is 105. The molecule has 13 heteroatoms. The van der Waals surface area contributed by atoms with E-state index in [9.17, 15) is 35.1 Å². The SMILES string of the molecule is OCC(F)(F)OC(F)(F)OC(F)(F)OC(F)(F)CO. The molecular weight excluding hydrogens is 304 g/mol. The zero-order valence-electron chi connectivity index (χ0n) is 8.56. The van der Waals surface area contributed by atoms with Gasteiger partial charge in [0.1, 0.15) is 13.2 Å². The average Bonchev–Trinajstić information content (AvgIpc) is 2.12. The fourth-order valence-electron chi connectivity index (χ4n) is 0.592. The molecule has 0 saturated heterocycles. The Kier molecular flexibility index (Phi) is 5.47. The molecule has 0 atom stereocenters. The Morgan fingerprint density at radius 2 is 0.842 bits per heavy atom. The molecule has 0 aliphatic rings. The molecule has 0 fully saturated rings. The molecule has 116 valence electrons. The van der Waals surface area contributed by atoms with Crippen molar-refractivity contribution in [1.29, 1.82) is 0 Å². The van der Waals surface area contributed by atoms with E-state index in [0.717, 1.165) is 0 Å². The maximum Gasteiger partial charge on any atom is 0.496 e. The number of hydrogen-bond donors (Lipinski definition) is 2. The molecule has 0 unspecified atom stereocenters. The van der Waals surface area contributed by atoms with Gasteiger partial charge in [-0.1, -0.05) is 0 Å². The summed E-state index contributed by atoms with van der Waals surface area (Å²) in [5.41, 5.74) is 0. The van der Waals surface area contributed by atoms with Gasteiger partial charge in [-0.15, -0.1) is 17.6 Å². The van der Waals surface area contributed by atoms with Crippen molar-refractivity contribution >= 4 is 0 Å². The molecule has 0 amide bonds. The number of hydrogen-bond acceptors (Lipinski definition) is 5. The van der Waals surface area contributed by atoms with Gasteiger partial charge in [-0.3, -0.25) is 0 Å². The molecule has 0 saturated carbocycles. The Morgan fingerprint density at radius 3 is 1.05 bits per heavy atom. The van der Waals surface area contributed by atoms with E-state index in [4.69, 9.17) is 10.2 Å². The van der Waals surface area contributed by atoms with Gasteiger partial charge in [-0.2, -0.15) is 17.6 Å². The van der Waals surface area contributed by atoms with Crippen molar-refractivity contribution in [2.24, 2.45) is 0 Å². The normalized spacial score (nSPS) is 14.8. The number of aliphatic hydroxyl groups is 2. The van der Waals surface area contributed by atoms with Crippen LogP contribution in [0.15, 0.2) is 0 Å². The van der Waals surface area contributed by atoms with Gasteiger partial charge < -0.3 is 10.2 Å². The highest BCUT2D eigenvalue weighted by Gasteiger charge is 2.56. The monoisotopic (exact) mass is 310 g/mol. The lowest BCUT2D eigenvalue weighted by Crippen LogP contribution is -2.46. The van der Waals surface area contributed by atoms with Crippen LogP contribution >= 0.6 is 0 Å². The van der Waals surface area contributed by atoms with Crippen LogP contribution in [0.5, 0.6) is 0 Å². The molecule has 0 aromatic carbocycles. The van der Waals surface area contributed by atoms with Crippen molar-refractivity contribution in [3.8, 4) is 0 Å². The van der Waals surface area contributed by atoms with Crippen LogP contribution in [0.1, 0.15) is 0 Å². The molecule has 19 heavy (non-hydrogen) atoms. The zero-order valence-corrected chi connectivity index (χ0v) is 8.56. The second-order valence-corrected chi connectivity index (χ2v) is 2.82. The molecule has 2 N–H and O–H groups in total. The summed E-state index contributed by atoms with van der Waals surface area (Å²) in [7, 11) is 0. The Hall–Kier alpha value is -0.760. The molecule has 0 rings (SSSR count). The lowest BCUT2D eigenvalue weighted by Gasteiger charge is -2.26. The van der Waals surface area contributed by atoms with Gasteiger partial charge in [-0.25, -0.2) is 14.2 Å². The van der Waals surface area contributed by atoms with Crippen molar-refractivity contribution in [3.05, 3.63) is 0 Å². The van der Waals surface area contributed by atoms with Crippen LogP contribution in [0.25, 0.3) is 0 Å². The Labute approximate surface area is 98.8 Å². The Balaban J connectivity index is 4.72. The van der Waals surface area contributed by atoms with Gasteiger partial charge in [0.05, 0.1) is 0 Å². The van der Waals surface area contributed by atoms with Crippen LogP contribution in [0.2, 0.25) is 0 Å². The predicted molar refractivity (Wildman–Crippen MR) is 37.2 cm³/mol. The van der Waals surface area contributed by atoms with E-state index in [1.807, 2.05) is 0 Å². The van der Waals surface area contributed by atoms with E-state index in [1.54, 1.807) is 0 Å². The van der Waals surface area contributed by atoms with Gasteiger partial charge in [0.15, 0.2) is 0 Å². The third-order valence-electron chi connectivity index (χ3n) is 1.14. The average molecular weight is 310 g/mol. The van der Waals surface area contributed by atoms with Crippen molar-refractivity contribution in [2.45, 2.75) is 24.8 Å². The van der Waals surface area contributed by atoms with E-state index in [-0.39, 0.29) is 0 Å². The molecule has 0 heterocycles. The lowest BCUT2D eigenvalue weighted by molar-refractivity contribution is -0.575. The van der Waals surface area contributed by atoms with Gasteiger partial charge >= 0.3 is 24.8 Å². The first-order valence-corrected chi connectivity index (χ1v) is 4.08. The van der Waals surface area contributed by atoms with E-state index >= 15 is 0 Å². The summed E-state index contributed by atoms with van der Waals surface area (Å²) in [6.07, 6.45) is -21.5. The van der Waals surface area contributed by atoms with E-state index in [1.165, 1.54) is 0 Å². The number of rotatable bonds is 8. The highest BCUT2D eigenvalue weighted by Crippen LogP contribution is 2.36. The quantitative estimate of drug-likeness (QED) is 0.522. The van der Waals surface area contributed by atoms with Crippen molar-refractivity contribution in [2.75, 3.05) is 13.2 Å². The standard InChI is InChI=1S/C6H6F8O5/c7-3(8,1-15)17-5(11,12)19-6(13,14)18-4(9,10)2-16/h15-16H,1-2H2. The molecular formula is C6H6F8O5. The summed E-state index contributed by atoms with van der Waals surface area (Å²) in [5, 5.41) is 15.7. The van der Waals surface area contributed by atoms with Gasteiger partial charge in [0.2, 0.25) is 0 Å². The number of halogens is 8. The first kappa shape index (κ1) is 18.2. The van der Waals surface area contributed by atoms with E-state index in [2.05, 4.69) is 14.2 Å². The summed E-state index contributed by atoms with van der Waals surface area (Å²) >= 11 is 0. The molecule has 5 nitrogen and oxygen atoms in total. The van der Waals surface area contributed by atoms with Crippen LogP contribution in [0, 0.1) is 0 Å². The molecule has 0 radical (unpaired) electrons. The summed E-state index contributed by atoms with van der Waals surface area (Å²) in [6.45, 7) is -4.63. The molecule has 0 aromatic rings. The van der Waals surface area contributed by atoms with Crippen LogP contribution in [-0.2, 0) is 14.2 Å². The maximum atomic E-state index is 12.4. The molecule has 0 bridgehead atoms. The fourth-order valence-corrected chi connectivity index (χ4v) is 0.592. The lowest BCUT2D eigenvalue weighted by atomic mass is 10.7. The van der Waals surface area contributed by atoms with Gasteiger partial charge in [-0.05, 0) is 0 Å². The third kappa shape index (κ3) is 7.41. The molecule has 0 aromatic heterocycles. The molecule has 0 aliphatic carbocycles. The van der Waals surface area contributed by atoms with Gasteiger partial charge in [0.25, 0.3) is 0 Å². The van der Waals surface area contributed by atoms with Crippen molar-refractivity contribution in [3.63, 3.8) is 0 Å². The van der Waals surface area contributed by atoms with Crippen LogP contribution < -0.4 is 0 Å². The molecule has 0 aliphatic heterocycles. The summed E-state index contributed by atoms with van der Waals surface area (Å²) in [4.78, 5) is 0. The van der Waals surface area contributed by atoms with Gasteiger partial charge in [0, 0.05) is 0 Å². The topological polar surface area (TPSA) is 68.2 Å². The first-order valence-electron chi connectivity index (χ1n) is 4.08. The van der Waals surface area contributed by atoms with E-state index in [0.29, 0.717) is 0 Å². The maximum absolute atomic E-state index is 12.4. The highest BCUT2D eigenvalue weighted by atomic mass is 19.3. The minimum absolute atomic E-state index is 2.21. The second kappa shape index (κ2) is 5.70. The Bertz CT molecular complexity index is 267. The fraction of sp³-hybridized carbons (Fsp3) is 1.00. The number of ether oxygens (including phenoxy) is 3. The third-order valence-corrected chi connectivity index (χ3v) is 1.14. The van der Waals surface area contributed by atoms with Crippen molar-refractivity contribution < 1.29 is 59.5 Å². The van der Waals surface area contributed by atoms with Crippen LogP contribution in [0.3, 0.4) is 0 Å². The summed E-state index contributed by atoms with van der Waals surface area (Å²) in [6, 6.07) is 0. The minimum atomic E-state index is -5.76. The van der Waals surface area contributed by atoms with Crippen molar-refractivity contribution in [1.82, 2.24) is 0 Å². The number of aliphatic hydroxyl groups excluding tert-OH is 2. The molecule has 0 spiro atoms. The summed E-state index contributed by atoms with van der Waals surface area (Å²) in [5.74, 6) is 0. The second-order valence-electron chi connectivity index (χ2n) is 2.82. The largest absolute Gasteiger partial charge is 0.496 e. The van der Waals surface area contributed by atoms with Crippen LogP contribution in [-0.4, -0.2) is 48.2 Å². The van der Waals surface area contributed by atoms with E-state index < -0.39 is 38.0 Å². The number of alkyl halides is 8. The minimum Gasteiger partial charge on any atom is -0.387 e. The zero-order chi connectivity index (χ0) is 15.5. The smallest absolute Gasteiger partial charge is 0.387 e. The van der Waals surface area contributed by atoms with Crippen LogP contribution in [0.4, 0.5) is 35.1 Å². The predicted octanol–water partition coefficient (Wildman–Crippen LogP) is 1.31. The highest BCUT2D eigenvalue weighted by molar-refractivity contribution is 4.54.